The normalized spacial score (nSPS) is 17.9. The second-order valence-electron chi connectivity index (χ2n) is 5.41. The average Bonchev–Trinajstić information content (AvgIpc) is 2.55. The van der Waals surface area contributed by atoms with E-state index in [1.54, 1.807) is 27.7 Å². The standard InChI is InChI=1S/C13H15FN2O3/c1-7-5-8-10(6-9(7)14)15-16(11(8)17)12(18)19-13(2,3)4/h5-6,17H,1-4H3. The van der Waals surface area contributed by atoms with Gasteiger partial charge in [0, 0.05) is 6.07 Å². The second kappa shape index (κ2) is 4.31. The molecule has 0 aromatic heterocycles. The molecule has 0 fully saturated rings. The third-order valence-corrected chi connectivity index (χ3v) is 2.56. The summed E-state index contributed by atoms with van der Waals surface area (Å²) in [7, 11) is 0. The predicted molar refractivity (Wildman–Crippen MR) is 62.5 cm³/mol. The van der Waals surface area contributed by atoms with Crippen molar-refractivity contribution in [3.05, 3.63) is 34.1 Å². The van der Waals surface area contributed by atoms with Crippen LogP contribution in [-0.2, 0) is 4.74 Å². The minimum absolute atomic E-state index is 0.175. The molecule has 0 bridgehead atoms. The number of fused-ring (bicyclic) bond motifs is 1. The minimum Gasteiger partial charge on any atom is -0.828 e. The third-order valence-electron chi connectivity index (χ3n) is 2.56. The van der Waals surface area contributed by atoms with Crippen molar-refractivity contribution in [2.45, 2.75) is 33.3 Å². The second-order valence-corrected chi connectivity index (χ2v) is 5.41. The Hall–Kier alpha value is -1.95. The summed E-state index contributed by atoms with van der Waals surface area (Å²) in [5.74, 6) is -0.979. The van der Waals surface area contributed by atoms with Crippen molar-refractivity contribution in [1.82, 2.24) is 0 Å². The highest BCUT2D eigenvalue weighted by Crippen LogP contribution is 2.05. The summed E-state index contributed by atoms with van der Waals surface area (Å²) in [6.07, 6.45) is -0.785. The summed E-state index contributed by atoms with van der Waals surface area (Å²) in [5.41, 5.74) is -0.372. The van der Waals surface area contributed by atoms with Crippen molar-refractivity contribution < 1.29 is 24.0 Å². The number of alkyl carbamates (subject to hydrolysis) is 1. The van der Waals surface area contributed by atoms with E-state index >= 15 is 0 Å². The molecule has 1 aliphatic heterocycles. The Kier molecular flexibility index (Phi) is 3.06. The molecule has 1 amide bonds. The number of carbonyl (C=O) groups is 1. The van der Waals surface area contributed by atoms with Crippen molar-refractivity contribution in [1.29, 1.82) is 0 Å². The summed E-state index contributed by atoms with van der Waals surface area (Å²) in [4.78, 5) is 11.8. The first-order chi connectivity index (χ1) is 8.69. The molecule has 2 rings (SSSR count). The van der Waals surface area contributed by atoms with E-state index in [9.17, 15) is 14.3 Å². The summed E-state index contributed by atoms with van der Waals surface area (Å²) in [6, 6.07) is 2.55. The number of amides is 1. The van der Waals surface area contributed by atoms with Gasteiger partial charge in [-0.25, -0.2) is 4.39 Å². The summed E-state index contributed by atoms with van der Waals surface area (Å²) in [5, 5.41) is 16.0. The van der Waals surface area contributed by atoms with Crippen molar-refractivity contribution in [3.63, 3.8) is 0 Å². The summed E-state index contributed by atoms with van der Waals surface area (Å²) < 4.78 is 18.5. The zero-order valence-electron chi connectivity index (χ0n) is 11.2. The van der Waals surface area contributed by atoms with Crippen molar-refractivity contribution >= 4 is 12.0 Å². The van der Waals surface area contributed by atoms with Crippen molar-refractivity contribution in [2.75, 3.05) is 0 Å². The van der Waals surface area contributed by atoms with Crippen LogP contribution >= 0.6 is 0 Å². The fourth-order valence-corrected chi connectivity index (χ4v) is 1.71. The van der Waals surface area contributed by atoms with E-state index < -0.39 is 23.4 Å². The van der Waals surface area contributed by atoms with Gasteiger partial charge in [-0.3, -0.25) is 0 Å². The fraction of sp³-hybridized carbons (Fsp3) is 0.385. The predicted octanol–water partition coefficient (Wildman–Crippen LogP) is -1.07. The first-order valence-corrected chi connectivity index (χ1v) is 5.86. The van der Waals surface area contributed by atoms with E-state index in [4.69, 9.17) is 4.74 Å². The van der Waals surface area contributed by atoms with Gasteiger partial charge >= 0.3 is 6.09 Å². The summed E-state index contributed by atoms with van der Waals surface area (Å²) >= 11 is 0. The van der Waals surface area contributed by atoms with Crippen LogP contribution in [0, 0.1) is 12.7 Å². The molecule has 1 aromatic rings. The highest BCUT2D eigenvalue weighted by atomic mass is 19.1. The van der Waals surface area contributed by atoms with Gasteiger partial charge in [0.05, 0.1) is 5.22 Å². The molecular formula is C13H15FN2O3. The third kappa shape index (κ3) is 2.58. The first-order valence-electron chi connectivity index (χ1n) is 5.86. The molecular weight excluding hydrogens is 251 g/mol. The number of halogens is 1. The van der Waals surface area contributed by atoms with Gasteiger partial charge in [-0.15, -0.1) is 0 Å². The number of rotatable bonds is 0. The van der Waals surface area contributed by atoms with E-state index in [0.29, 0.717) is 5.56 Å². The molecule has 1 heterocycles. The number of benzene rings is 1. The van der Waals surface area contributed by atoms with E-state index in [1.807, 2.05) is 0 Å². The Morgan fingerprint density at radius 3 is 2.63 bits per heavy atom. The van der Waals surface area contributed by atoms with Crippen LogP contribution in [0.2, 0.25) is 0 Å². The molecule has 0 radical (unpaired) electrons. The van der Waals surface area contributed by atoms with Crippen LogP contribution in [0.4, 0.5) is 9.18 Å². The Morgan fingerprint density at radius 2 is 2.05 bits per heavy atom. The lowest BCUT2D eigenvalue weighted by molar-refractivity contribution is -0.799. The van der Waals surface area contributed by atoms with Crippen LogP contribution in [0.1, 0.15) is 26.3 Å². The number of hydrogen-bond donors (Lipinski definition) is 1. The molecule has 0 saturated carbocycles. The fourth-order valence-electron chi connectivity index (χ4n) is 1.71. The molecule has 1 atom stereocenters. The molecule has 0 saturated heterocycles. The SMILES string of the molecule is Cc1cc2c(cc1F)=N[NH+](C(=O)OC(C)(C)C)C=2[O-]. The molecule has 1 unspecified atom stereocenters. The number of carbonyl (C=O) groups excluding carboxylic acids is 1. The minimum atomic E-state index is -0.785. The van der Waals surface area contributed by atoms with Gasteiger partial charge in [0.2, 0.25) is 0 Å². The monoisotopic (exact) mass is 266 g/mol. The zero-order valence-corrected chi connectivity index (χ0v) is 11.2. The number of ether oxygens (including phenoxy) is 1. The number of aryl methyl sites for hydroxylation is 1. The van der Waals surface area contributed by atoms with Gasteiger partial charge < -0.3 is 9.84 Å². The molecule has 1 aliphatic rings. The van der Waals surface area contributed by atoms with Gasteiger partial charge in [-0.1, -0.05) is 10.1 Å². The molecule has 1 aromatic carbocycles. The van der Waals surface area contributed by atoms with Crippen LogP contribution in [0.25, 0.3) is 5.88 Å². The smallest absolute Gasteiger partial charge is 0.546 e. The number of nitrogens with one attached hydrogen (secondary N) is 1. The zero-order chi connectivity index (χ0) is 14.4. The molecule has 6 heteroatoms. The lowest BCUT2D eigenvalue weighted by Crippen LogP contribution is -3.09. The molecule has 5 nitrogen and oxygen atoms in total. The molecule has 1 N–H and O–H groups in total. The van der Waals surface area contributed by atoms with Gasteiger partial charge in [0.15, 0.2) is 0 Å². The van der Waals surface area contributed by atoms with Gasteiger partial charge in [-0.2, -0.15) is 4.79 Å². The highest BCUT2D eigenvalue weighted by molar-refractivity contribution is 5.61. The van der Waals surface area contributed by atoms with Gasteiger partial charge in [0.25, 0.3) is 0 Å². The van der Waals surface area contributed by atoms with Crippen LogP contribution in [0.5, 0.6) is 0 Å². The number of nitrogens with zero attached hydrogens (tertiary/aromatic N) is 1. The van der Waals surface area contributed by atoms with E-state index in [-0.39, 0.29) is 15.6 Å². The van der Waals surface area contributed by atoms with Crippen molar-refractivity contribution in [3.8, 4) is 0 Å². The Labute approximate surface area is 109 Å². The van der Waals surface area contributed by atoms with E-state index in [1.165, 1.54) is 6.07 Å². The Balaban J connectivity index is 2.44. The number of hydrogen-bond acceptors (Lipinski definition) is 4. The largest absolute Gasteiger partial charge is 0.828 e. The maximum Gasteiger partial charge on any atom is 0.546 e. The van der Waals surface area contributed by atoms with Crippen LogP contribution < -0.4 is 20.7 Å². The van der Waals surface area contributed by atoms with Gasteiger partial charge in [-0.05, 0) is 39.3 Å². The lowest BCUT2D eigenvalue weighted by Gasteiger charge is -2.20. The Bertz CT molecular complexity index is 662. The Morgan fingerprint density at radius 1 is 1.42 bits per heavy atom. The molecule has 102 valence electrons. The van der Waals surface area contributed by atoms with E-state index in [0.717, 1.165) is 6.07 Å². The van der Waals surface area contributed by atoms with Crippen LogP contribution in [0.15, 0.2) is 17.2 Å². The van der Waals surface area contributed by atoms with Crippen molar-refractivity contribution in [2.24, 2.45) is 5.10 Å². The molecule has 0 aliphatic carbocycles. The quantitative estimate of drug-likeness (QED) is 0.650. The average molecular weight is 266 g/mol. The lowest BCUT2D eigenvalue weighted by atomic mass is 10.2. The summed E-state index contributed by atoms with van der Waals surface area (Å²) in [6.45, 7) is 6.64. The van der Waals surface area contributed by atoms with Crippen LogP contribution in [0.3, 0.4) is 0 Å². The maximum atomic E-state index is 13.4. The maximum absolute atomic E-state index is 13.4. The molecule has 19 heavy (non-hydrogen) atoms. The van der Waals surface area contributed by atoms with Gasteiger partial charge in [0.1, 0.15) is 22.7 Å². The number of quaternary nitrogens is 1. The van der Waals surface area contributed by atoms with Crippen LogP contribution in [-0.4, -0.2) is 11.7 Å². The first kappa shape index (κ1) is 13.5. The molecule has 0 spiro atoms. The topological polar surface area (TPSA) is 66.2 Å². The highest BCUT2D eigenvalue weighted by Gasteiger charge is 2.30. The van der Waals surface area contributed by atoms with E-state index in [2.05, 4.69) is 5.10 Å².